The van der Waals surface area contributed by atoms with E-state index < -0.39 is 6.10 Å². The third-order valence-electron chi connectivity index (χ3n) is 3.44. The van der Waals surface area contributed by atoms with Gasteiger partial charge in [-0.05, 0) is 44.4 Å². The van der Waals surface area contributed by atoms with Gasteiger partial charge in [0.05, 0.1) is 6.10 Å². The summed E-state index contributed by atoms with van der Waals surface area (Å²) in [7, 11) is 2.02. The van der Waals surface area contributed by atoms with Crippen LogP contribution in [0.5, 0.6) is 0 Å². The van der Waals surface area contributed by atoms with E-state index in [1.165, 1.54) is 31.4 Å². The number of rotatable bonds is 3. The van der Waals surface area contributed by atoms with Gasteiger partial charge in [0.2, 0.25) is 0 Å². The molecule has 1 atom stereocenters. The van der Waals surface area contributed by atoms with E-state index >= 15 is 0 Å². The second-order valence-corrected chi connectivity index (χ2v) is 4.57. The topological polar surface area (TPSA) is 23.5 Å². The third kappa shape index (κ3) is 2.05. The zero-order valence-electron chi connectivity index (χ0n) is 9.78. The molecule has 1 aliphatic carbocycles. The smallest absolute Gasteiger partial charge is 0.123 e. The van der Waals surface area contributed by atoms with Crippen LogP contribution in [-0.2, 0) is 0 Å². The first-order valence-electron chi connectivity index (χ1n) is 5.80. The number of aliphatic hydroxyl groups is 1. The summed E-state index contributed by atoms with van der Waals surface area (Å²) < 4.78 is 13.1. The van der Waals surface area contributed by atoms with E-state index in [9.17, 15) is 9.50 Å². The van der Waals surface area contributed by atoms with E-state index in [0.717, 1.165) is 5.69 Å². The summed E-state index contributed by atoms with van der Waals surface area (Å²) >= 11 is 0. The molecule has 0 bridgehead atoms. The van der Waals surface area contributed by atoms with Gasteiger partial charge in [0.25, 0.3) is 0 Å². The standard InChI is InChI=1S/C13H18FNO/c1-9(16)12-8-10(14)6-7-13(12)15(2)11-4-3-5-11/h6-9,11,16H,3-5H2,1-2H3/t9-/m0/s1. The van der Waals surface area contributed by atoms with Gasteiger partial charge in [-0.25, -0.2) is 4.39 Å². The van der Waals surface area contributed by atoms with Gasteiger partial charge < -0.3 is 10.0 Å². The summed E-state index contributed by atoms with van der Waals surface area (Å²) in [5, 5.41) is 9.66. The highest BCUT2D eigenvalue weighted by Crippen LogP contribution is 2.33. The molecule has 0 heterocycles. The Kier molecular flexibility index (Phi) is 3.15. The Balaban J connectivity index is 2.30. The maximum atomic E-state index is 13.1. The lowest BCUT2D eigenvalue weighted by molar-refractivity contribution is 0.199. The van der Waals surface area contributed by atoms with Crippen molar-refractivity contribution in [2.45, 2.75) is 38.3 Å². The zero-order valence-corrected chi connectivity index (χ0v) is 9.78. The first kappa shape index (κ1) is 11.4. The normalized spacial score (nSPS) is 18.0. The van der Waals surface area contributed by atoms with Crippen LogP contribution in [-0.4, -0.2) is 18.2 Å². The first-order chi connectivity index (χ1) is 7.59. The Morgan fingerprint density at radius 1 is 1.44 bits per heavy atom. The SMILES string of the molecule is C[C@H](O)c1cc(F)ccc1N(C)C1CCC1. The maximum Gasteiger partial charge on any atom is 0.123 e. The Morgan fingerprint density at radius 2 is 2.12 bits per heavy atom. The van der Waals surface area contributed by atoms with Crippen molar-refractivity contribution in [1.82, 2.24) is 0 Å². The lowest BCUT2D eigenvalue weighted by atomic mass is 9.91. The zero-order chi connectivity index (χ0) is 11.7. The van der Waals surface area contributed by atoms with Gasteiger partial charge in [0, 0.05) is 24.3 Å². The van der Waals surface area contributed by atoms with Gasteiger partial charge in [-0.2, -0.15) is 0 Å². The van der Waals surface area contributed by atoms with Crippen molar-refractivity contribution >= 4 is 5.69 Å². The minimum atomic E-state index is -0.631. The molecule has 1 aromatic rings. The lowest BCUT2D eigenvalue weighted by Crippen LogP contribution is -2.37. The second-order valence-electron chi connectivity index (χ2n) is 4.57. The molecule has 16 heavy (non-hydrogen) atoms. The molecule has 3 heteroatoms. The summed E-state index contributed by atoms with van der Waals surface area (Å²) in [6.07, 6.45) is 3.01. The van der Waals surface area contributed by atoms with Crippen molar-refractivity contribution in [3.05, 3.63) is 29.6 Å². The highest BCUT2D eigenvalue weighted by atomic mass is 19.1. The molecule has 0 amide bonds. The van der Waals surface area contributed by atoms with Crippen LogP contribution in [0.25, 0.3) is 0 Å². The molecule has 0 saturated heterocycles. The number of hydrogen-bond acceptors (Lipinski definition) is 2. The largest absolute Gasteiger partial charge is 0.389 e. The molecular formula is C13H18FNO. The van der Waals surface area contributed by atoms with Crippen LogP contribution in [0.2, 0.25) is 0 Å². The second kappa shape index (κ2) is 4.42. The van der Waals surface area contributed by atoms with Crippen LogP contribution in [0, 0.1) is 5.82 Å². The Hall–Kier alpha value is -1.09. The van der Waals surface area contributed by atoms with Crippen LogP contribution in [0.4, 0.5) is 10.1 Å². The molecule has 1 aromatic carbocycles. The minimum absolute atomic E-state index is 0.290. The molecule has 1 saturated carbocycles. The maximum absolute atomic E-state index is 13.1. The molecule has 2 rings (SSSR count). The van der Waals surface area contributed by atoms with Crippen LogP contribution >= 0.6 is 0 Å². The minimum Gasteiger partial charge on any atom is -0.389 e. The van der Waals surface area contributed by atoms with E-state index in [0.29, 0.717) is 11.6 Å². The molecule has 1 aliphatic rings. The van der Waals surface area contributed by atoms with Gasteiger partial charge in [0.1, 0.15) is 5.82 Å². The van der Waals surface area contributed by atoms with Crippen LogP contribution in [0.15, 0.2) is 18.2 Å². The Morgan fingerprint density at radius 3 is 2.62 bits per heavy atom. The monoisotopic (exact) mass is 223 g/mol. The van der Waals surface area contributed by atoms with Crippen LogP contribution in [0.1, 0.15) is 37.9 Å². The van der Waals surface area contributed by atoms with Gasteiger partial charge in [-0.3, -0.25) is 0 Å². The number of hydrogen-bond donors (Lipinski definition) is 1. The fourth-order valence-corrected chi connectivity index (χ4v) is 2.15. The molecule has 88 valence electrons. The summed E-state index contributed by atoms with van der Waals surface area (Å²) in [6, 6.07) is 5.18. The fourth-order valence-electron chi connectivity index (χ4n) is 2.15. The average molecular weight is 223 g/mol. The molecule has 1 fully saturated rings. The first-order valence-corrected chi connectivity index (χ1v) is 5.80. The van der Waals surface area contributed by atoms with Crippen LogP contribution < -0.4 is 4.90 Å². The molecule has 2 nitrogen and oxygen atoms in total. The molecule has 0 unspecified atom stereocenters. The summed E-state index contributed by atoms with van der Waals surface area (Å²) in [5.41, 5.74) is 1.62. The van der Waals surface area contributed by atoms with Gasteiger partial charge in [-0.15, -0.1) is 0 Å². The molecule has 0 radical (unpaired) electrons. The third-order valence-corrected chi connectivity index (χ3v) is 3.44. The number of halogens is 1. The van der Waals surface area contributed by atoms with E-state index in [2.05, 4.69) is 4.90 Å². The average Bonchev–Trinajstić information content (AvgIpc) is 2.14. The predicted octanol–water partition coefficient (Wildman–Crippen LogP) is 2.87. The highest BCUT2D eigenvalue weighted by molar-refractivity contribution is 5.55. The number of aliphatic hydroxyl groups excluding tert-OH is 1. The molecule has 0 spiro atoms. The van der Waals surface area contributed by atoms with Gasteiger partial charge >= 0.3 is 0 Å². The van der Waals surface area contributed by atoms with Gasteiger partial charge in [-0.1, -0.05) is 0 Å². The van der Waals surface area contributed by atoms with Crippen molar-refractivity contribution < 1.29 is 9.50 Å². The highest BCUT2D eigenvalue weighted by Gasteiger charge is 2.24. The van der Waals surface area contributed by atoms with Crippen molar-refractivity contribution in [3.8, 4) is 0 Å². The van der Waals surface area contributed by atoms with E-state index in [1.807, 2.05) is 7.05 Å². The molecule has 0 aromatic heterocycles. The van der Waals surface area contributed by atoms with Crippen molar-refractivity contribution in [1.29, 1.82) is 0 Å². The predicted molar refractivity (Wildman–Crippen MR) is 63.1 cm³/mol. The molecule has 1 N–H and O–H groups in total. The van der Waals surface area contributed by atoms with Crippen LogP contribution in [0.3, 0.4) is 0 Å². The molecular weight excluding hydrogens is 205 g/mol. The summed E-state index contributed by atoms with van der Waals surface area (Å²) in [5.74, 6) is -0.290. The number of benzene rings is 1. The fraction of sp³-hybridized carbons (Fsp3) is 0.538. The number of anilines is 1. The van der Waals surface area contributed by atoms with E-state index in [1.54, 1.807) is 13.0 Å². The van der Waals surface area contributed by atoms with E-state index in [4.69, 9.17) is 0 Å². The lowest BCUT2D eigenvalue weighted by Gasteiger charge is -2.37. The Bertz CT molecular complexity index is 374. The molecule has 0 aliphatic heterocycles. The van der Waals surface area contributed by atoms with Crippen molar-refractivity contribution in [2.24, 2.45) is 0 Å². The number of nitrogens with zero attached hydrogens (tertiary/aromatic N) is 1. The Labute approximate surface area is 95.7 Å². The van der Waals surface area contributed by atoms with Crippen molar-refractivity contribution in [2.75, 3.05) is 11.9 Å². The van der Waals surface area contributed by atoms with Gasteiger partial charge in [0.15, 0.2) is 0 Å². The summed E-state index contributed by atoms with van der Waals surface area (Å²) in [4.78, 5) is 2.16. The quantitative estimate of drug-likeness (QED) is 0.851. The van der Waals surface area contributed by atoms with Crippen molar-refractivity contribution in [3.63, 3.8) is 0 Å². The summed E-state index contributed by atoms with van der Waals surface area (Å²) in [6.45, 7) is 1.67. The van der Waals surface area contributed by atoms with E-state index in [-0.39, 0.29) is 5.82 Å².